The number of aromatic nitrogens is 1. The van der Waals surface area contributed by atoms with Gasteiger partial charge in [0.15, 0.2) is 0 Å². The summed E-state index contributed by atoms with van der Waals surface area (Å²) in [6.07, 6.45) is 1.95. The van der Waals surface area contributed by atoms with Gasteiger partial charge >= 0.3 is 18.1 Å². The molecule has 1 aromatic heterocycles. The third-order valence-electron chi connectivity index (χ3n) is 4.42. The summed E-state index contributed by atoms with van der Waals surface area (Å²) in [4.78, 5) is 51.0. The number of carbonyl (C=O) groups excluding carboxylic acids is 3. The van der Waals surface area contributed by atoms with E-state index in [0.717, 1.165) is 0 Å². The van der Waals surface area contributed by atoms with E-state index in [1.165, 1.54) is 24.3 Å². The van der Waals surface area contributed by atoms with Gasteiger partial charge in [0.1, 0.15) is 30.8 Å². The van der Waals surface area contributed by atoms with Crippen LogP contribution in [0.25, 0.3) is 0 Å². The summed E-state index contributed by atoms with van der Waals surface area (Å²) in [5.74, 6) is -2.32. The number of alkyl carbamates (subject to hydrolysis) is 1. The second-order valence-electron chi connectivity index (χ2n) is 7.09. The molecule has 1 unspecified atom stereocenters. The fourth-order valence-electron chi connectivity index (χ4n) is 2.67. The van der Waals surface area contributed by atoms with Crippen molar-refractivity contribution < 1.29 is 38.9 Å². The van der Waals surface area contributed by atoms with Crippen LogP contribution in [0.4, 0.5) is 9.59 Å². The molecule has 1 aromatic carbocycles. The summed E-state index contributed by atoms with van der Waals surface area (Å²) < 4.78 is 10.1. The van der Waals surface area contributed by atoms with E-state index in [4.69, 9.17) is 4.74 Å². The van der Waals surface area contributed by atoms with Gasteiger partial charge < -0.3 is 41.0 Å². The van der Waals surface area contributed by atoms with Gasteiger partial charge in [-0.05, 0) is 24.3 Å². The zero-order valence-electron chi connectivity index (χ0n) is 19.2. The minimum Gasteiger partial charge on any atom is -0.507 e. The van der Waals surface area contributed by atoms with Crippen molar-refractivity contribution in [1.82, 2.24) is 26.3 Å². The molecule has 4 amide bonds. The number of aromatic hydroxyl groups is 1. The molecule has 192 valence electrons. The van der Waals surface area contributed by atoms with Gasteiger partial charge in [-0.3, -0.25) is 9.78 Å². The lowest BCUT2D eigenvalue weighted by Gasteiger charge is -2.15. The number of nitrogens with zero attached hydrogens (tertiary/aromatic N) is 1. The zero-order chi connectivity index (χ0) is 26.3. The zero-order valence-corrected chi connectivity index (χ0v) is 19.2. The maximum atomic E-state index is 12.3. The van der Waals surface area contributed by atoms with Gasteiger partial charge in [-0.1, -0.05) is 18.7 Å². The number of phenols is 1. The Kier molecular flexibility index (Phi) is 11.0. The molecule has 0 saturated heterocycles. The third-order valence-corrected chi connectivity index (χ3v) is 4.42. The molecule has 2 rings (SSSR count). The van der Waals surface area contributed by atoms with Gasteiger partial charge in [0.05, 0.1) is 24.3 Å². The molecule has 0 bridgehead atoms. The normalized spacial score (nSPS) is 10.9. The van der Waals surface area contributed by atoms with E-state index in [0.29, 0.717) is 5.69 Å². The van der Waals surface area contributed by atoms with Crippen LogP contribution in [-0.4, -0.2) is 71.5 Å². The van der Waals surface area contributed by atoms with E-state index < -0.39 is 42.3 Å². The highest BCUT2D eigenvalue weighted by molar-refractivity contribution is 5.97. The molecule has 36 heavy (non-hydrogen) atoms. The van der Waals surface area contributed by atoms with Crippen molar-refractivity contribution >= 4 is 24.0 Å². The molecule has 0 fully saturated rings. The van der Waals surface area contributed by atoms with Crippen LogP contribution in [0, 0.1) is 0 Å². The predicted octanol–water partition coefficient (Wildman–Crippen LogP) is 0.761. The number of amides is 4. The van der Waals surface area contributed by atoms with Crippen molar-refractivity contribution in [3.05, 3.63) is 66.5 Å². The predicted molar refractivity (Wildman–Crippen MR) is 127 cm³/mol. The van der Waals surface area contributed by atoms with Crippen molar-refractivity contribution in [1.29, 1.82) is 0 Å². The summed E-state index contributed by atoms with van der Waals surface area (Å²) in [6, 6.07) is 7.43. The molecular weight excluding hydrogens is 474 g/mol. The number of carboxylic acids is 1. The number of hydrogen-bond acceptors (Lipinski definition) is 8. The second-order valence-corrected chi connectivity index (χ2v) is 7.09. The number of nitrogens with one attached hydrogen (secondary N) is 4. The van der Waals surface area contributed by atoms with Crippen LogP contribution in [-0.2, 0) is 16.1 Å². The Morgan fingerprint density at radius 2 is 1.92 bits per heavy atom. The number of carboxylic acid groups (broad SMARTS) is 1. The number of hydrogen-bond donors (Lipinski definition) is 6. The molecule has 2 aromatic rings. The van der Waals surface area contributed by atoms with Crippen LogP contribution >= 0.6 is 0 Å². The highest BCUT2D eigenvalue weighted by atomic mass is 16.5. The summed E-state index contributed by atoms with van der Waals surface area (Å²) >= 11 is 0. The quantitative estimate of drug-likeness (QED) is 0.170. The van der Waals surface area contributed by atoms with E-state index >= 15 is 0 Å². The van der Waals surface area contributed by atoms with Gasteiger partial charge in [-0.2, -0.15) is 0 Å². The minimum atomic E-state index is -1.45. The van der Waals surface area contributed by atoms with Crippen LogP contribution in [0.1, 0.15) is 16.1 Å². The third kappa shape index (κ3) is 9.59. The average molecular weight is 501 g/mol. The van der Waals surface area contributed by atoms with E-state index in [9.17, 15) is 29.4 Å². The molecule has 1 atom stereocenters. The number of benzene rings is 1. The van der Waals surface area contributed by atoms with Crippen LogP contribution < -0.4 is 26.0 Å². The van der Waals surface area contributed by atoms with E-state index in [1.54, 1.807) is 18.3 Å². The smallest absolute Gasteiger partial charge is 0.408 e. The lowest BCUT2D eigenvalue weighted by molar-refractivity contribution is -0.139. The Labute approximate surface area is 206 Å². The number of rotatable bonds is 13. The van der Waals surface area contributed by atoms with Crippen LogP contribution in [0.3, 0.4) is 0 Å². The molecule has 13 nitrogen and oxygen atoms in total. The molecule has 0 aliphatic carbocycles. The molecule has 13 heteroatoms. The van der Waals surface area contributed by atoms with Crippen molar-refractivity contribution in [2.75, 3.05) is 26.3 Å². The Bertz CT molecular complexity index is 1060. The first kappa shape index (κ1) is 27.4. The van der Waals surface area contributed by atoms with Gasteiger partial charge in [-0.15, -0.1) is 0 Å². The highest BCUT2D eigenvalue weighted by Gasteiger charge is 2.22. The topological polar surface area (TPSA) is 188 Å². The molecule has 0 aliphatic rings. The van der Waals surface area contributed by atoms with E-state index in [-0.39, 0.29) is 37.6 Å². The van der Waals surface area contributed by atoms with Crippen molar-refractivity contribution in [2.45, 2.75) is 12.6 Å². The van der Waals surface area contributed by atoms with E-state index in [2.05, 4.69) is 37.6 Å². The summed E-state index contributed by atoms with van der Waals surface area (Å²) in [7, 11) is 0. The SMILES string of the molecule is C=CCOC(=O)NC(CNC(=O)c1ccc(OCCNC(=O)NCc2ccccn2)cc1O)C(=O)O. The molecule has 0 saturated carbocycles. The van der Waals surface area contributed by atoms with Crippen LogP contribution in [0.5, 0.6) is 11.5 Å². The standard InChI is InChI=1S/C23H27N5O8/c1-2-10-36-23(34)28-18(21(31)32)14-26-20(30)17-7-6-16(12-19(17)29)35-11-9-25-22(33)27-13-15-5-3-4-8-24-15/h2-8,12,18,29H,1,9-11,13-14H2,(H,26,30)(H,28,34)(H,31,32)(H2,25,27,33). The maximum Gasteiger partial charge on any atom is 0.408 e. The summed E-state index contributed by atoms with van der Waals surface area (Å²) in [5, 5.41) is 29.0. The molecular formula is C23H27N5O8. The molecule has 0 spiro atoms. The van der Waals surface area contributed by atoms with Gasteiger partial charge in [0, 0.05) is 18.8 Å². The number of ether oxygens (including phenoxy) is 2. The second kappa shape index (κ2) is 14.5. The Balaban J connectivity index is 1.76. The first-order valence-corrected chi connectivity index (χ1v) is 10.7. The molecule has 0 radical (unpaired) electrons. The van der Waals surface area contributed by atoms with Gasteiger partial charge in [0.25, 0.3) is 5.91 Å². The maximum absolute atomic E-state index is 12.3. The van der Waals surface area contributed by atoms with Gasteiger partial charge in [0.2, 0.25) is 0 Å². The largest absolute Gasteiger partial charge is 0.507 e. The van der Waals surface area contributed by atoms with Crippen LogP contribution in [0.15, 0.2) is 55.3 Å². The molecule has 1 heterocycles. The van der Waals surface area contributed by atoms with Crippen molar-refractivity contribution in [3.63, 3.8) is 0 Å². The Morgan fingerprint density at radius 3 is 2.58 bits per heavy atom. The number of aliphatic carboxylic acids is 1. The molecule has 0 aliphatic heterocycles. The number of phenolic OH excluding ortho intramolecular Hbond substituents is 1. The summed E-state index contributed by atoms with van der Waals surface area (Å²) in [5.41, 5.74) is 0.581. The van der Waals surface area contributed by atoms with Crippen molar-refractivity contribution in [2.24, 2.45) is 0 Å². The molecule has 6 N–H and O–H groups in total. The number of carbonyl (C=O) groups is 4. The van der Waals surface area contributed by atoms with E-state index in [1.807, 2.05) is 6.07 Å². The first-order chi connectivity index (χ1) is 17.3. The van der Waals surface area contributed by atoms with Crippen LogP contribution in [0.2, 0.25) is 0 Å². The minimum absolute atomic E-state index is 0.0932. The fraction of sp³-hybridized carbons (Fsp3) is 0.261. The number of pyridine rings is 1. The Morgan fingerprint density at radius 1 is 1.11 bits per heavy atom. The first-order valence-electron chi connectivity index (χ1n) is 10.7. The fourth-order valence-corrected chi connectivity index (χ4v) is 2.67. The van der Waals surface area contributed by atoms with Crippen molar-refractivity contribution in [3.8, 4) is 11.5 Å². The summed E-state index contributed by atoms with van der Waals surface area (Å²) in [6.45, 7) is 3.34. The van der Waals surface area contributed by atoms with Gasteiger partial charge in [-0.25, -0.2) is 14.4 Å². The average Bonchev–Trinajstić information content (AvgIpc) is 2.86. The lowest BCUT2D eigenvalue weighted by Crippen LogP contribution is -2.48. The Hall–Kier alpha value is -4.81. The monoisotopic (exact) mass is 501 g/mol. The highest BCUT2D eigenvalue weighted by Crippen LogP contribution is 2.23. The number of urea groups is 1. The lowest BCUT2D eigenvalue weighted by atomic mass is 10.1.